The van der Waals surface area contributed by atoms with Gasteiger partial charge < -0.3 is 4.74 Å². The fourth-order valence-electron chi connectivity index (χ4n) is 2.16. The second-order valence-electron chi connectivity index (χ2n) is 4.93. The summed E-state index contributed by atoms with van der Waals surface area (Å²) in [5, 5.41) is 10.3. The van der Waals surface area contributed by atoms with E-state index in [-0.39, 0.29) is 11.4 Å². The molecule has 1 aliphatic rings. The topological polar surface area (TPSA) is 99.6 Å². The predicted octanol–water partition coefficient (Wildman–Crippen LogP) is 1.80. The summed E-state index contributed by atoms with van der Waals surface area (Å²) < 4.78 is 4.62. The number of carbonyl (C=O) groups is 3. The van der Waals surface area contributed by atoms with Crippen LogP contribution in [0, 0.1) is 5.41 Å². The molecule has 0 spiro atoms. The first kappa shape index (κ1) is 16.4. The zero-order valence-electron chi connectivity index (χ0n) is 12.9. The molecule has 0 bridgehead atoms. The lowest BCUT2D eigenvalue weighted by Crippen LogP contribution is -2.54. The zero-order chi connectivity index (χ0) is 17.0. The summed E-state index contributed by atoms with van der Waals surface area (Å²) in [5.74, 6) is -1.19. The van der Waals surface area contributed by atoms with E-state index < -0.39 is 17.9 Å². The number of esters is 1. The van der Waals surface area contributed by atoms with Crippen molar-refractivity contribution in [3.63, 3.8) is 0 Å². The molecule has 23 heavy (non-hydrogen) atoms. The summed E-state index contributed by atoms with van der Waals surface area (Å²) in [6.45, 7) is 2.24. The van der Waals surface area contributed by atoms with Crippen LogP contribution < -0.4 is 5.32 Å². The van der Waals surface area contributed by atoms with Crippen molar-refractivity contribution in [3.8, 4) is 0 Å². The van der Waals surface area contributed by atoms with Gasteiger partial charge in [0.2, 0.25) is 0 Å². The highest BCUT2D eigenvalue weighted by atomic mass is 16.5. The number of nitrogens with zero attached hydrogens (tertiary/aromatic N) is 1. The average molecular weight is 315 g/mol. The molecule has 1 fully saturated rings. The first-order valence-corrected chi connectivity index (χ1v) is 7.09. The maximum absolute atomic E-state index is 11.9. The molecule has 0 atom stereocenters. The molecule has 1 saturated heterocycles. The van der Waals surface area contributed by atoms with Gasteiger partial charge in [-0.1, -0.05) is 19.1 Å². The van der Waals surface area contributed by atoms with E-state index >= 15 is 0 Å². The van der Waals surface area contributed by atoms with Crippen molar-refractivity contribution in [2.75, 3.05) is 13.7 Å². The Hall–Kier alpha value is -2.96. The second kappa shape index (κ2) is 6.87. The third-order valence-corrected chi connectivity index (χ3v) is 3.33. The molecular formula is C16H17N3O4. The van der Waals surface area contributed by atoms with E-state index in [0.29, 0.717) is 24.1 Å². The van der Waals surface area contributed by atoms with Crippen LogP contribution in [0.15, 0.2) is 29.8 Å². The zero-order valence-corrected chi connectivity index (χ0v) is 12.9. The highest BCUT2D eigenvalue weighted by Crippen LogP contribution is 2.16. The summed E-state index contributed by atoms with van der Waals surface area (Å²) in [4.78, 5) is 36.3. The SMILES string of the molecule is CCCN1C(=N)/C(=C\c2ccc(C(=O)OC)cc2)C(=O)NC1=O. The van der Waals surface area contributed by atoms with Crippen molar-refractivity contribution in [2.45, 2.75) is 13.3 Å². The Morgan fingerprint density at radius 1 is 1.30 bits per heavy atom. The minimum atomic E-state index is -0.607. The predicted molar refractivity (Wildman–Crippen MR) is 84.0 cm³/mol. The third kappa shape index (κ3) is 3.45. The van der Waals surface area contributed by atoms with E-state index in [9.17, 15) is 14.4 Å². The lowest BCUT2D eigenvalue weighted by molar-refractivity contribution is -0.116. The van der Waals surface area contributed by atoms with Gasteiger partial charge in [0.05, 0.1) is 18.2 Å². The van der Waals surface area contributed by atoms with E-state index in [0.717, 1.165) is 0 Å². The lowest BCUT2D eigenvalue weighted by atomic mass is 10.1. The number of imide groups is 1. The first-order valence-electron chi connectivity index (χ1n) is 7.09. The Kier molecular flexibility index (Phi) is 4.90. The molecule has 2 rings (SSSR count). The molecule has 0 unspecified atom stereocenters. The molecule has 1 aromatic carbocycles. The van der Waals surface area contributed by atoms with Crippen molar-refractivity contribution >= 4 is 29.8 Å². The van der Waals surface area contributed by atoms with Crippen LogP contribution in [0.4, 0.5) is 4.79 Å². The van der Waals surface area contributed by atoms with Crippen LogP contribution in [0.1, 0.15) is 29.3 Å². The van der Waals surface area contributed by atoms with Crippen LogP contribution in [0.3, 0.4) is 0 Å². The normalized spacial score (nSPS) is 16.5. The molecular weight excluding hydrogens is 298 g/mol. The quantitative estimate of drug-likeness (QED) is 0.653. The minimum absolute atomic E-state index is 0.101. The number of carbonyl (C=O) groups excluding carboxylic acids is 3. The van der Waals surface area contributed by atoms with Crippen LogP contribution >= 0.6 is 0 Å². The second-order valence-corrected chi connectivity index (χ2v) is 4.93. The van der Waals surface area contributed by atoms with E-state index in [2.05, 4.69) is 10.1 Å². The lowest BCUT2D eigenvalue weighted by Gasteiger charge is -2.28. The standard InChI is InChI=1S/C16H17N3O4/c1-3-8-19-13(17)12(14(20)18-16(19)22)9-10-4-6-11(7-5-10)15(21)23-2/h4-7,9,17H,3,8H2,1-2H3,(H,18,20,22)/b12-9+,17-13?. The van der Waals surface area contributed by atoms with Crippen LogP contribution in [0.25, 0.3) is 6.08 Å². The molecule has 7 nitrogen and oxygen atoms in total. The average Bonchev–Trinajstić information content (AvgIpc) is 2.55. The van der Waals surface area contributed by atoms with Crippen molar-refractivity contribution in [2.24, 2.45) is 0 Å². The van der Waals surface area contributed by atoms with Gasteiger partial charge in [-0.2, -0.15) is 0 Å². The van der Waals surface area contributed by atoms with E-state index in [1.54, 1.807) is 24.3 Å². The summed E-state index contributed by atoms with van der Waals surface area (Å²) in [5.41, 5.74) is 1.13. The number of amides is 3. The van der Waals surface area contributed by atoms with Gasteiger partial charge in [0.15, 0.2) is 0 Å². The van der Waals surface area contributed by atoms with Gasteiger partial charge in [0.25, 0.3) is 5.91 Å². The number of amidine groups is 1. The van der Waals surface area contributed by atoms with Crippen LogP contribution in [-0.2, 0) is 9.53 Å². The largest absolute Gasteiger partial charge is 0.465 e. The molecule has 2 N–H and O–H groups in total. The molecule has 1 aromatic rings. The number of ether oxygens (including phenoxy) is 1. The first-order chi connectivity index (χ1) is 11.0. The molecule has 0 aromatic heterocycles. The molecule has 0 radical (unpaired) electrons. The van der Waals surface area contributed by atoms with E-state index in [1.807, 2.05) is 6.92 Å². The third-order valence-electron chi connectivity index (χ3n) is 3.33. The molecule has 7 heteroatoms. The van der Waals surface area contributed by atoms with Gasteiger partial charge in [0, 0.05) is 6.54 Å². The highest BCUT2D eigenvalue weighted by Gasteiger charge is 2.32. The summed E-state index contributed by atoms with van der Waals surface area (Å²) >= 11 is 0. The number of urea groups is 1. The minimum Gasteiger partial charge on any atom is -0.465 e. The van der Waals surface area contributed by atoms with Crippen molar-refractivity contribution < 1.29 is 19.1 Å². The fourth-order valence-corrected chi connectivity index (χ4v) is 2.16. The molecule has 0 saturated carbocycles. The van der Waals surface area contributed by atoms with Crippen molar-refractivity contribution in [1.29, 1.82) is 5.41 Å². The monoisotopic (exact) mass is 315 g/mol. The van der Waals surface area contributed by atoms with Gasteiger partial charge in [-0.05, 0) is 30.2 Å². The van der Waals surface area contributed by atoms with Gasteiger partial charge in [-0.25, -0.2) is 9.59 Å². The molecule has 1 aliphatic heterocycles. The number of hydrogen-bond donors (Lipinski definition) is 2. The Morgan fingerprint density at radius 3 is 2.52 bits per heavy atom. The number of methoxy groups -OCH3 is 1. The van der Waals surface area contributed by atoms with Gasteiger partial charge in [-0.15, -0.1) is 0 Å². The Morgan fingerprint density at radius 2 is 1.96 bits per heavy atom. The number of hydrogen-bond acceptors (Lipinski definition) is 5. The summed E-state index contributed by atoms with van der Waals surface area (Å²) in [6.07, 6.45) is 2.18. The van der Waals surface area contributed by atoms with Crippen LogP contribution in [-0.4, -0.2) is 42.3 Å². The van der Waals surface area contributed by atoms with Crippen LogP contribution in [0.5, 0.6) is 0 Å². The number of rotatable bonds is 4. The number of nitrogens with one attached hydrogen (secondary N) is 2. The Balaban J connectivity index is 2.29. The van der Waals surface area contributed by atoms with E-state index in [1.165, 1.54) is 18.1 Å². The molecule has 3 amide bonds. The summed E-state index contributed by atoms with van der Waals surface area (Å²) in [7, 11) is 1.30. The van der Waals surface area contributed by atoms with Crippen LogP contribution in [0.2, 0.25) is 0 Å². The highest BCUT2D eigenvalue weighted by molar-refractivity contribution is 6.31. The summed E-state index contributed by atoms with van der Waals surface area (Å²) in [6, 6.07) is 5.83. The molecule has 1 heterocycles. The maximum atomic E-state index is 11.9. The Labute approximate surface area is 133 Å². The van der Waals surface area contributed by atoms with E-state index in [4.69, 9.17) is 5.41 Å². The fraction of sp³-hybridized carbons (Fsp3) is 0.250. The number of benzene rings is 1. The van der Waals surface area contributed by atoms with Gasteiger partial charge in [0.1, 0.15) is 5.84 Å². The van der Waals surface area contributed by atoms with Crippen molar-refractivity contribution in [1.82, 2.24) is 10.2 Å². The molecule has 0 aliphatic carbocycles. The van der Waals surface area contributed by atoms with Crippen molar-refractivity contribution in [3.05, 3.63) is 41.0 Å². The van der Waals surface area contributed by atoms with Gasteiger partial charge in [-0.3, -0.25) is 20.4 Å². The Bertz CT molecular complexity index is 692. The molecule has 120 valence electrons. The van der Waals surface area contributed by atoms with Gasteiger partial charge >= 0.3 is 12.0 Å². The smallest absolute Gasteiger partial charge is 0.337 e. The maximum Gasteiger partial charge on any atom is 0.337 e.